The van der Waals surface area contributed by atoms with E-state index in [-0.39, 0.29) is 15.6 Å². The summed E-state index contributed by atoms with van der Waals surface area (Å²) in [5, 5.41) is 0.158. The first-order valence-corrected chi connectivity index (χ1v) is 6.42. The van der Waals surface area contributed by atoms with Crippen LogP contribution in [0.3, 0.4) is 0 Å². The van der Waals surface area contributed by atoms with Crippen LogP contribution in [0.2, 0.25) is 0 Å². The molecule has 18 heavy (non-hydrogen) atoms. The molecule has 0 bridgehead atoms. The minimum atomic E-state index is -4.42. The third-order valence-electron chi connectivity index (χ3n) is 2.69. The van der Waals surface area contributed by atoms with Gasteiger partial charge in [-0.25, -0.2) is 0 Å². The van der Waals surface area contributed by atoms with E-state index >= 15 is 0 Å². The largest absolute Gasteiger partial charge is 0.417 e. The Morgan fingerprint density at radius 1 is 1.33 bits per heavy atom. The van der Waals surface area contributed by atoms with Crippen molar-refractivity contribution in [1.29, 1.82) is 0 Å². The molecular weight excluding hydrogens is 263 g/mol. The highest BCUT2D eigenvalue weighted by Gasteiger charge is 2.33. The number of alkyl halides is 3. The lowest BCUT2D eigenvalue weighted by molar-refractivity contribution is -0.136. The second-order valence-electron chi connectivity index (χ2n) is 4.03. The van der Waals surface area contributed by atoms with Gasteiger partial charge in [0.05, 0.1) is 15.6 Å². The number of aryl methyl sites for hydroxylation is 1. The summed E-state index contributed by atoms with van der Waals surface area (Å²) in [5.41, 5.74) is -1.05. The van der Waals surface area contributed by atoms with Gasteiger partial charge in [-0.1, -0.05) is 30.9 Å². The summed E-state index contributed by atoms with van der Waals surface area (Å²) < 4.78 is 39.9. The number of nitrogens with zero attached hydrogens (tertiary/aromatic N) is 1. The monoisotopic (exact) mass is 275 g/mol. The lowest BCUT2D eigenvalue weighted by Gasteiger charge is -2.06. The van der Waals surface area contributed by atoms with E-state index in [9.17, 15) is 18.0 Å². The highest BCUT2D eigenvalue weighted by molar-refractivity contribution is 7.14. The van der Waals surface area contributed by atoms with Crippen molar-refractivity contribution in [1.82, 2.24) is 3.96 Å². The predicted molar refractivity (Wildman–Crippen MR) is 66.0 cm³/mol. The maximum Gasteiger partial charge on any atom is 0.417 e. The van der Waals surface area contributed by atoms with Gasteiger partial charge in [-0.2, -0.15) is 13.2 Å². The average Bonchev–Trinajstić information content (AvgIpc) is 2.62. The zero-order valence-electron chi connectivity index (χ0n) is 9.75. The van der Waals surface area contributed by atoms with Gasteiger partial charge in [-0.3, -0.25) is 8.75 Å². The lowest BCUT2D eigenvalue weighted by atomic mass is 10.1. The van der Waals surface area contributed by atoms with Crippen molar-refractivity contribution in [3.8, 4) is 0 Å². The Labute approximate surface area is 106 Å². The second-order valence-corrected chi connectivity index (χ2v) is 5.06. The van der Waals surface area contributed by atoms with Gasteiger partial charge in [0.15, 0.2) is 0 Å². The summed E-state index contributed by atoms with van der Waals surface area (Å²) in [6, 6.07) is 3.75. The molecule has 0 spiro atoms. The van der Waals surface area contributed by atoms with E-state index in [0.717, 1.165) is 30.4 Å². The zero-order chi connectivity index (χ0) is 13.3. The van der Waals surface area contributed by atoms with Crippen molar-refractivity contribution in [3.05, 3.63) is 34.1 Å². The van der Waals surface area contributed by atoms with E-state index in [1.165, 1.54) is 16.1 Å². The summed E-state index contributed by atoms with van der Waals surface area (Å²) >= 11 is 0.902. The summed E-state index contributed by atoms with van der Waals surface area (Å²) in [6.45, 7) is 2.45. The molecule has 0 saturated heterocycles. The van der Waals surface area contributed by atoms with E-state index < -0.39 is 11.7 Å². The van der Waals surface area contributed by atoms with Gasteiger partial charge in [0.25, 0.3) is 5.56 Å². The molecule has 2 nitrogen and oxygen atoms in total. The molecule has 2 aromatic rings. The van der Waals surface area contributed by atoms with Crippen LogP contribution < -0.4 is 5.56 Å². The fourth-order valence-electron chi connectivity index (χ4n) is 1.76. The molecule has 0 aliphatic rings. The molecule has 0 amide bonds. The fraction of sp³-hybridized carbons (Fsp3) is 0.417. The lowest BCUT2D eigenvalue weighted by Crippen LogP contribution is -2.12. The van der Waals surface area contributed by atoms with Crippen molar-refractivity contribution in [3.63, 3.8) is 0 Å². The van der Waals surface area contributed by atoms with E-state index in [2.05, 4.69) is 0 Å². The molecule has 0 unspecified atom stereocenters. The number of hydrogen-bond acceptors (Lipinski definition) is 2. The van der Waals surface area contributed by atoms with E-state index in [4.69, 9.17) is 0 Å². The minimum Gasteiger partial charge on any atom is -0.268 e. The second kappa shape index (κ2) is 4.76. The molecule has 0 aliphatic carbocycles. The van der Waals surface area contributed by atoms with E-state index in [1.807, 2.05) is 6.92 Å². The van der Waals surface area contributed by atoms with Crippen LogP contribution in [-0.2, 0) is 12.7 Å². The van der Waals surface area contributed by atoms with Crippen molar-refractivity contribution >= 4 is 21.6 Å². The average molecular weight is 275 g/mol. The van der Waals surface area contributed by atoms with Crippen LogP contribution in [0.5, 0.6) is 0 Å². The molecule has 1 aromatic heterocycles. The molecule has 0 N–H and O–H groups in total. The maximum atomic E-state index is 12.8. The molecule has 1 aromatic carbocycles. The molecule has 1 heterocycles. The summed E-state index contributed by atoms with van der Waals surface area (Å²) in [7, 11) is 0. The van der Waals surface area contributed by atoms with Crippen molar-refractivity contribution in [2.75, 3.05) is 0 Å². The van der Waals surface area contributed by atoms with Gasteiger partial charge in [0.2, 0.25) is 0 Å². The molecule has 0 fully saturated rings. The standard InChI is InChI=1S/C12H12F3NOS/c1-2-3-7-16-11(17)8-5-4-6-9(10(8)18-16)12(13,14)15/h4-6H,2-3,7H2,1H3. The van der Waals surface area contributed by atoms with Crippen molar-refractivity contribution < 1.29 is 13.2 Å². The summed E-state index contributed by atoms with van der Waals surface area (Å²) in [4.78, 5) is 11.9. The Balaban J connectivity index is 2.61. The number of rotatable bonds is 3. The topological polar surface area (TPSA) is 22.0 Å². The molecule has 0 atom stereocenters. The van der Waals surface area contributed by atoms with Gasteiger partial charge in [0.1, 0.15) is 0 Å². The van der Waals surface area contributed by atoms with Crippen LogP contribution in [0.25, 0.3) is 10.1 Å². The number of aromatic nitrogens is 1. The normalized spacial score (nSPS) is 12.2. The van der Waals surface area contributed by atoms with Gasteiger partial charge < -0.3 is 0 Å². The van der Waals surface area contributed by atoms with Crippen molar-refractivity contribution in [2.45, 2.75) is 32.5 Å². The van der Waals surface area contributed by atoms with Crippen molar-refractivity contribution in [2.24, 2.45) is 0 Å². The number of halogens is 3. The Hall–Kier alpha value is -1.30. The first-order valence-electron chi connectivity index (χ1n) is 5.65. The van der Waals surface area contributed by atoms with Gasteiger partial charge in [-0.05, 0) is 18.6 Å². The van der Waals surface area contributed by atoms with Crippen LogP contribution >= 0.6 is 11.5 Å². The minimum absolute atomic E-state index is 0.0334. The summed E-state index contributed by atoms with van der Waals surface area (Å²) in [6.07, 6.45) is -2.74. The highest BCUT2D eigenvalue weighted by atomic mass is 32.1. The van der Waals surface area contributed by atoms with Crippen LogP contribution in [0.4, 0.5) is 13.2 Å². The summed E-state index contributed by atoms with van der Waals surface area (Å²) in [5.74, 6) is 0. The quantitative estimate of drug-likeness (QED) is 0.833. The number of fused-ring (bicyclic) bond motifs is 1. The smallest absolute Gasteiger partial charge is 0.268 e. The first kappa shape index (κ1) is 13.1. The molecule has 2 rings (SSSR count). The number of benzene rings is 1. The first-order chi connectivity index (χ1) is 8.45. The Morgan fingerprint density at radius 2 is 2.06 bits per heavy atom. The van der Waals surface area contributed by atoms with Crippen LogP contribution in [0.1, 0.15) is 25.3 Å². The van der Waals surface area contributed by atoms with E-state index in [0.29, 0.717) is 6.54 Å². The van der Waals surface area contributed by atoms with Crippen LogP contribution in [-0.4, -0.2) is 3.96 Å². The Morgan fingerprint density at radius 3 is 2.67 bits per heavy atom. The Bertz CT molecular complexity index is 612. The van der Waals surface area contributed by atoms with Gasteiger partial charge in [-0.15, -0.1) is 0 Å². The van der Waals surface area contributed by atoms with Crippen LogP contribution in [0.15, 0.2) is 23.0 Å². The third-order valence-corrected chi connectivity index (χ3v) is 3.88. The molecule has 0 aliphatic heterocycles. The molecule has 0 radical (unpaired) electrons. The van der Waals surface area contributed by atoms with Gasteiger partial charge in [0, 0.05) is 6.54 Å². The maximum absolute atomic E-state index is 12.8. The fourth-order valence-corrected chi connectivity index (χ4v) is 2.92. The molecular formula is C12H12F3NOS. The third kappa shape index (κ3) is 2.29. The van der Waals surface area contributed by atoms with E-state index in [1.54, 1.807) is 0 Å². The number of hydrogen-bond donors (Lipinski definition) is 0. The number of unbranched alkanes of at least 4 members (excludes halogenated alkanes) is 1. The Kier molecular flexibility index (Phi) is 3.47. The predicted octanol–water partition coefficient (Wildman–Crippen LogP) is 3.88. The van der Waals surface area contributed by atoms with Crippen LogP contribution in [0, 0.1) is 0 Å². The molecule has 6 heteroatoms. The zero-order valence-corrected chi connectivity index (χ0v) is 10.6. The molecule has 98 valence electrons. The SMILES string of the molecule is CCCCn1sc2c(C(F)(F)F)cccc2c1=O. The molecule has 0 saturated carbocycles. The van der Waals surface area contributed by atoms with Gasteiger partial charge >= 0.3 is 6.18 Å². The highest BCUT2D eigenvalue weighted by Crippen LogP contribution is 2.35.